The van der Waals surface area contributed by atoms with Gasteiger partial charge in [-0.3, -0.25) is 4.79 Å². The van der Waals surface area contributed by atoms with Crippen molar-refractivity contribution >= 4 is 29.1 Å². The molecule has 0 fully saturated rings. The highest BCUT2D eigenvalue weighted by Gasteiger charge is 2.04. The summed E-state index contributed by atoms with van der Waals surface area (Å²) in [5, 5.41) is 5.04. The molecule has 114 valence electrons. The van der Waals surface area contributed by atoms with Crippen molar-refractivity contribution in [3.8, 4) is 0 Å². The van der Waals surface area contributed by atoms with Gasteiger partial charge in [0.1, 0.15) is 6.54 Å². The molecule has 1 amide bonds. The number of hydrogen-bond donors (Lipinski definition) is 1. The maximum absolute atomic E-state index is 11.9. The van der Waals surface area contributed by atoms with Gasteiger partial charge in [0.05, 0.1) is 0 Å². The standard InChI is InChI=1S/C19H17N3O/c23-19(15-22-14-12-17-10-4-5-11-18(17)22)21-20-13-6-9-16-7-2-1-3-8-16/h1-14H,15H2,(H,21,23)/b9-6+,20-13+. The Morgan fingerprint density at radius 3 is 2.70 bits per heavy atom. The van der Waals surface area contributed by atoms with Gasteiger partial charge in [0.25, 0.3) is 5.91 Å². The number of carbonyl (C=O) groups excluding carboxylic acids is 1. The number of carbonyl (C=O) groups is 1. The van der Waals surface area contributed by atoms with E-state index < -0.39 is 0 Å². The number of para-hydroxylation sites is 1. The number of aromatic nitrogens is 1. The molecular formula is C19H17N3O. The summed E-state index contributed by atoms with van der Waals surface area (Å²) in [4.78, 5) is 11.9. The summed E-state index contributed by atoms with van der Waals surface area (Å²) in [6.07, 6.45) is 7.19. The first kappa shape index (κ1) is 14.8. The zero-order valence-corrected chi connectivity index (χ0v) is 12.6. The zero-order chi connectivity index (χ0) is 15.9. The van der Waals surface area contributed by atoms with Crippen LogP contribution in [0.2, 0.25) is 0 Å². The van der Waals surface area contributed by atoms with Gasteiger partial charge in [-0.15, -0.1) is 0 Å². The Labute approximate surface area is 134 Å². The van der Waals surface area contributed by atoms with Crippen molar-refractivity contribution in [3.63, 3.8) is 0 Å². The van der Waals surface area contributed by atoms with Gasteiger partial charge in [-0.1, -0.05) is 54.6 Å². The molecule has 0 radical (unpaired) electrons. The van der Waals surface area contributed by atoms with Crippen LogP contribution in [0.25, 0.3) is 17.0 Å². The highest BCUT2D eigenvalue weighted by Crippen LogP contribution is 2.14. The number of benzene rings is 2. The van der Waals surface area contributed by atoms with E-state index in [1.807, 2.05) is 77.5 Å². The number of amides is 1. The van der Waals surface area contributed by atoms with Crippen molar-refractivity contribution in [3.05, 3.63) is 78.5 Å². The largest absolute Gasteiger partial charge is 0.338 e. The average molecular weight is 303 g/mol. The van der Waals surface area contributed by atoms with E-state index in [2.05, 4.69) is 10.5 Å². The van der Waals surface area contributed by atoms with Crippen LogP contribution in [-0.4, -0.2) is 16.7 Å². The summed E-state index contributed by atoms with van der Waals surface area (Å²) in [7, 11) is 0. The predicted molar refractivity (Wildman–Crippen MR) is 94.0 cm³/mol. The molecule has 0 aliphatic heterocycles. The van der Waals surface area contributed by atoms with Gasteiger partial charge in [0.2, 0.25) is 0 Å². The van der Waals surface area contributed by atoms with E-state index in [4.69, 9.17) is 0 Å². The number of hydrazone groups is 1. The van der Waals surface area contributed by atoms with Crippen LogP contribution >= 0.6 is 0 Å². The minimum atomic E-state index is -0.157. The van der Waals surface area contributed by atoms with E-state index in [0.29, 0.717) is 0 Å². The van der Waals surface area contributed by atoms with Crippen LogP contribution in [0.5, 0.6) is 0 Å². The smallest absolute Gasteiger partial charge is 0.259 e. The summed E-state index contributed by atoms with van der Waals surface area (Å²) in [5.74, 6) is -0.157. The Balaban J connectivity index is 1.53. The van der Waals surface area contributed by atoms with Crippen molar-refractivity contribution in [1.82, 2.24) is 9.99 Å². The van der Waals surface area contributed by atoms with Gasteiger partial charge in [-0.05, 0) is 29.2 Å². The van der Waals surface area contributed by atoms with E-state index in [1.54, 1.807) is 12.3 Å². The van der Waals surface area contributed by atoms with Crippen molar-refractivity contribution in [1.29, 1.82) is 0 Å². The fraction of sp³-hybridized carbons (Fsp3) is 0.0526. The van der Waals surface area contributed by atoms with Crippen LogP contribution in [0.15, 0.2) is 78.0 Å². The van der Waals surface area contributed by atoms with Crippen molar-refractivity contribution in [2.75, 3.05) is 0 Å². The molecule has 0 unspecified atom stereocenters. The number of hydrogen-bond acceptors (Lipinski definition) is 2. The minimum Gasteiger partial charge on any atom is -0.338 e. The number of allylic oxidation sites excluding steroid dienone is 1. The molecule has 2 aromatic carbocycles. The molecule has 0 saturated heterocycles. The second kappa shape index (κ2) is 7.22. The highest BCUT2D eigenvalue weighted by atomic mass is 16.2. The van der Waals surface area contributed by atoms with Crippen molar-refractivity contribution < 1.29 is 4.79 Å². The molecule has 0 aliphatic rings. The molecule has 0 saturated carbocycles. The lowest BCUT2D eigenvalue weighted by Gasteiger charge is -2.03. The first-order valence-corrected chi connectivity index (χ1v) is 7.40. The van der Waals surface area contributed by atoms with E-state index in [1.165, 1.54) is 0 Å². The van der Waals surface area contributed by atoms with Crippen molar-refractivity contribution in [2.24, 2.45) is 5.10 Å². The normalized spacial score (nSPS) is 11.5. The third-order valence-corrected chi connectivity index (χ3v) is 3.43. The van der Waals surface area contributed by atoms with Crippen LogP contribution in [0.1, 0.15) is 5.56 Å². The molecular weight excluding hydrogens is 286 g/mol. The molecule has 1 N–H and O–H groups in total. The van der Waals surface area contributed by atoms with E-state index in [-0.39, 0.29) is 12.5 Å². The third kappa shape index (κ3) is 3.95. The van der Waals surface area contributed by atoms with Gasteiger partial charge in [-0.25, -0.2) is 5.43 Å². The maximum atomic E-state index is 11.9. The molecule has 0 bridgehead atoms. The summed E-state index contributed by atoms with van der Waals surface area (Å²) >= 11 is 0. The second-order valence-corrected chi connectivity index (χ2v) is 5.09. The zero-order valence-electron chi connectivity index (χ0n) is 12.6. The Bertz CT molecular complexity index is 847. The first-order valence-electron chi connectivity index (χ1n) is 7.40. The number of fused-ring (bicyclic) bond motifs is 1. The van der Waals surface area contributed by atoms with Gasteiger partial charge in [0, 0.05) is 17.9 Å². The molecule has 0 atom stereocenters. The summed E-state index contributed by atoms with van der Waals surface area (Å²) < 4.78 is 1.90. The topological polar surface area (TPSA) is 46.4 Å². The number of nitrogens with zero attached hydrogens (tertiary/aromatic N) is 2. The molecule has 1 heterocycles. The lowest BCUT2D eigenvalue weighted by molar-refractivity contribution is -0.121. The summed E-state index contributed by atoms with van der Waals surface area (Å²) in [5.41, 5.74) is 4.66. The van der Waals surface area contributed by atoms with Gasteiger partial charge >= 0.3 is 0 Å². The lowest BCUT2D eigenvalue weighted by atomic mass is 10.2. The summed E-state index contributed by atoms with van der Waals surface area (Å²) in [6, 6.07) is 19.9. The number of nitrogens with one attached hydrogen (secondary N) is 1. The Morgan fingerprint density at radius 2 is 1.83 bits per heavy atom. The third-order valence-electron chi connectivity index (χ3n) is 3.43. The van der Waals surface area contributed by atoms with Crippen LogP contribution < -0.4 is 5.43 Å². The minimum absolute atomic E-state index is 0.157. The van der Waals surface area contributed by atoms with Gasteiger partial charge < -0.3 is 4.57 Å². The monoisotopic (exact) mass is 303 g/mol. The summed E-state index contributed by atoms with van der Waals surface area (Å²) in [6.45, 7) is 0.243. The van der Waals surface area contributed by atoms with Crippen molar-refractivity contribution in [2.45, 2.75) is 6.54 Å². The molecule has 3 aromatic rings. The van der Waals surface area contributed by atoms with E-state index in [9.17, 15) is 4.79 Å². The number of rotatable bonds is 5. The molecule has 4 heteroatoms. The SMILES string of the molecule is O=C(Cn1ccc2ccccc21)N/N=C/C=C/c1ccccc1. The predicted octanol–water partition coefficient (Wildman–Crippen LogP) is 3.46. The molecule has 4 nitrogen and oxygen atoms in total. The molecule has 3 rings (SSSR count). The molecule has 0 aliphatic carbocycles. The second-order valence-electron chi connectivity index (χ2n) is 5.09. The fourth-order valence-electron chi connectivity index (χ4n) is 2.34. The fourth-order valence-corrected chi connectivity index (χ4v) is 2.34. The first-order chi connectivity index (χ1) is 11.3. The van der Waals surface area contributed by atoms with Gasteiger partial charge in [0.15, 0.2) is 0 Å². The van der Waals surface area contributed by atoms with Crippen LogP contribution in [0.4, 0.5) is 0 Å². The van der Waals surface area contributed by atoms with Crippen LogP contribution in [0.3, 0.4) is 0 Å². The maximum Gasteiger partial charge on any atom is 0.259 e. The average Bonchev–Trinajstić information content (AvgIpc) is 2.99. The Morgan fingerprint density at radius 1 is 1.04 bits per heavy atom. The van der Waals surface area contributed by atoms with Crippen LogP contribution in [0, 0.1) is 0 Å². The van der Waals surface area contributed by atoms with E-state index >= 15 is 0 Å². The quantitative estimate of drug-likeness (QED) is 0.569. The lowest BCUT2D eigenvalue weighted by Crippen LogP contribution is -2.22. The van der Waals surface area contributed by atoms with Gasteiger partial charge in [-0.2, -0.15) is 5.10 Å². The van der Waals surface area contributed by atoms with Crippen LogP contribution in [-0.2, 0) is 11.3 Å². The Hall–Kier alpha value is -3.14. The Kier molecular flexibility index (Phi) is 4.64. The highest BCUT2D eigenvalue weighted by molar-refractivity contribution is 5.84. The molecule has 23 heavy (non-hydrogen) atoms. The van der Waals surface area contributed by atoms with E-state index in [0.717, 1.165) is 16.5 Å². The molecule has 1 aromatic heterocycles. The molecule has 0 spiro atoms.